The molecule has 0 saturated heterocycles. The van der Waals surface area contributed by atoms with E-state index >= 15 is 0 Å². The van der Waals surface area contributed by atoms with Gasteiger partial charge in [0.1, 0.15) is 0 Å². The number of aromatic nitrogens is 1. The summed E-state index contributed by atoms with van der Waals surface area (Å²) in [6.45, 7) is 3.81. The summed E-state index contributed by atoms with van der Waals surface area (Å²) < 4.78 is 0. The first-order chi connectivity index (χ1) is 8.22. The number of hydrogen-bond acceptors (Lipinski definition) is 3. The zero-order chi connectivity index (χ0) is 12.5. The number of allylic oxidation sites excluding steroid dienone is 6. The molecule has 0 unspecified atom stereocenters. The molecule has 1 heterocycles. The molecule has 0 aliphatic rings. The van der Waals surface area contributed by atoms with E-state index in [0.29, 0.717) is 5.82 Å². The van der Waals surface area contributed by atoms with Gasteiger partial charge in [-0.3, -0.25) is 0 Å². The van der Waals surface area contributed by atoms with Crippen molar-refractivity contribution in [2.24, 2.45) is 10.7 Å². The van der Waals surface area contributed by atoms with Gasteiger partial charge in [0.15, 0.2) is 5.82 Å². The zero-order valence-corrected chi connectivity index (χ0v) is 10.2. The summed E-state index contributed by atoms with van der Waals surface area (Å²) in [4.78, 5) is 8.39. The van der Waals surface area contributed by atoms with Crippen molar-refractivity contribution in [3.05, 3.63) is 60.0 Å². The third kappa shape index (κ3) is 5.47. The van der Waals surface area contributed by atoms with Crippen LogP contribution in [0.4, 0.5) is 5.82 Å². The Kier molecular flexibility index (Phi) is 5.44. The Hall–Kier alpha value is -2.16. The van der Waals surface area contributed by atoms with E-state index in [1.165, 1.54) is 0 Å². The van der Waals surface area contributed by atoms with Gasteiger partial charge < -0.3 is 5.73 Å². The Bertz CT molecular complexity index is 450. The molecule has 1 rings (SSSR count). The Morgan fingerprint density at radius 3 is 2.82 bits per heavy atom. The van der Waals surface area contributed by atoms with Crippen molar-refractivity contribution in [1.82, 2.24) is 4.98 Å². The fourth-order valence-electron chi connectivity index (χ4n) is 1.17. The van der Waals surface area contributed by atoms with E-state index in [1.807, 2.05) is 56.4 Å². The maximum absolute atomic E-state index is 5.65. The molecule has 1 aromatic heterocycles. The minimum Gasteiger partial charge on any atom is -0.402 e. The molecule has 1 aromatic rings. The van der Waals surface area contributed by atoms with Crippen LogP contribution in [0.5, 0.6) is 0 Å². The van der Waals surface area contributed by atoms with Crippen molar-refractivity contribution in [2.75, 3.05) is 0 Å². The van der Waals surface area contributed by atoms with Crippen molar-refractivity contribution < 1.29 is 0 Å². The van der Waals surface area contributed by atoms with Gasteiger partial charge in [0.2, 0.25) is 0 Å². The van der Waals surface area contributed by atoms with Gasteiger partial charge in [0, 0.05) is 18.1 Å². The van der Waals surface area contributed by atoms with Crippen LogP contribution in [-0.4, -0.2) is 11.2 Å². The highest BCUT2D eigenvalue weighted by atomic mass is 14.9. The van der Waals surface area contributed by atoms with Gasteiger partial charge in [-0.2, -0.15) is 0 Å². The second kappa shape index (κ2) is 7.17. The van der Waals surface area contributed by atoms with Crippen LogP contribution < -0.4 is 5.73 Å². The van der Waals surface area contributed by atoms with Gasteiger partial charge >= 0.3 is 0 Å². The van der Waals surface area contributed by atoms with Crippen LogP contribution in [0.1, 0.15) is 13.8 Å². The van der Waals surface area contributed by atoms with Gasteiger partial charge in [0.25, 0.3) is 0 Å². The maximum Gasteiger partial charge on any atom is 0.151 e. The predicted octanol–water partition coefficient (Wildman–Crippen LogP) is 3.15. The van der Waals surface area contributed by atoms with Crippen LogP contribution in [0.25, 0.3) is 0 Å². The largest absolute Gasteiger partial charge is 0.402 e. The highest BCUT2D eigenvalue weighted by Gasteiger charge is 1.89. The van der Waals surface area contributed by atoms with Crippen LogP contribution >= 0.6 is 0 Å². The molecule has 0 aromatic carbocycles. The van der Waals surface area contributed by atoms with Gasteiger partial charge in [-0.15, -0.1) is 0 Å². The van der Waals surface area contributed by atoms with Gasteiger partial charge in [-0.1, -0.05) is 24.3 Å². The Morgan fingerprint density at radius 2 is 2.24 bits per heavy atom. The first-order valence-electron chi connectivity index (χ1n) is 5.44. The molecule has 0 radical (unpaired) electrons. The first-order valence-corrected chi connectivity index (χ1v) is 5.44. The zero-order valence-electron chi connectivity index (χ0n) is 10.2. The van der Waals surface area contributed by atoms with Crippen molar-refractivity contribution >= 4 is 12.0 Å². The molecule has 17 heavy (non-hydrogen) atoms. The molecule has 0 fully saturated rings. The minimum atomic E-state index is 0.682. The normalized spacial score (nSPS) is 13.8. The minimum absolute atomic E-state index is 0.682. The van der Waals surface area contributed by atoms with Crippen molar-refractivity contribution in [3.63, 3.8) is 0 Å². The molecule has 0 saturated carbocycles. The SMILES string of the molecule is C\C=C/C=C(/C=N/c1ccccn1)\C=C(/C)N. The third-order valence-corrected chi connectivity index (χ3v) is 1.87. The summed E-state index contributed by atoms with van der Waals surface area (Å²) in [5.41, 5.74) is 7.34. The van der Waals surface area contributed by atoms with E-state index in [1.54, 1.807) is 12.4 Å². The second-order valence-corrected chi connectivity index (χ2v) is 3.53. The van der Waals surface area contributed by atoms with Crippen molar-refractivity contribution in [3.8, 4) is 0 Å². The highest BCUT2D eigenvalue weighted by Crippen LogP contribution is 2.06. The number of rotatable bonds is 4. The van der Waals surface area contributed by atoms with E-state index in [0.717, 1.165) is 11.3 Å². The van der Waals surface area contributed by atoms with Crippen LogP contribution in [0.2, 0.25) is 0 Å². The van der Waals surface area contributed by atoms with Crippen molar-refractivity contribution in [1.29, 1.82) is 0 Å². The smallest absolute Gasteiger partial charge is 0.151 e. The topological polar surface area (TPSA) is 51.3 Å². The summed E-state index contributed by atoms with van der Waals surface area (Å²) >= 11 is 0. The van der Waals surface area contributed by atoms with Gasteiger partial charge in [0.05, 0.1) is 0 Å². The van der Waals surface area contributed by atoms with Crippen LogP contribution in [-0.2, 0) is 0 Å². The van der Waals surface area contributed by atoms with Crippen molar-refractivity contribution in [2.45, 2.75) is 13.8 Å². The van der Waals surface area contributed by atoms with Crippen LogP contribution in [0, 0.1) is 0 Å². The molecule has 2 N–H and O–H groups in total. The molecule has 3 nitrogen and oxygen atoms in total. The summed E-state index contributed by atoms with van der Waals surface area (Å²) in [6, 6.07) is 5.61. The lowest BCUT2D eigenvalue weighted by Crippen LogP contribution is -1.92. The van der Waals surface area contributed by atoms with E-state index in [9.17, 15) is 0 Å². The lowest BCUT2D eigenvalue weighted by Gasteiger charge is -1.95. The Labute approximate surface area is 102 Å². The molecule has 0 aliphatic carbocycles. The van der Waals surface area contributed by atoms with Crippen LogP contribution in [0.3, 0.4) is 0 Å². The number of pyridine rings is 1. The van der Waals surface area contributed by atoms with Gasteiger partial charge in [-0.25, -0.2) is 9.98 Å². The molecule has 0 amide bonds. The van der Waals surface area contributed by atoms with Crippen LogP contribution in [0.15, 0.2) is 65.0 Å². The number of hydrogen-bond donors (Lipinski definition) is 1. The molecule has 0 atom stereocenters. The number of nitrogens with two attached hydrogens (primary N) is 1. The molecule has 88 valence electrons. The lowest BCUT2D eigenvalue weighted by atomic mass is 10.2. The van der Waals surface area contributed by atoms with E-state index in [4.69, 9.17) is 5.73 Å². The summed E-state index contributed by atoms with van der Waals surface area (Å²) in [6.07, 6.45) is 11.2. The summed E-state index contributed by atoms with van der Waals surface area (Å²) in [5.74, 6) is 0.682. The maximum atomic E-state index is 5.65. The fourth-order valence-corrected chi connectivity index (χ4v) is 1.17. The van der Waals surface area contributed by atoms with Gasteiger partial charge in [-0.05, 0) is 37.6 Å². The molecule has 0 spiro atoms. The predicted molar refractivity (Wildman–Crippen MR) is 73.2 cm³/mol. The Balaban J connectivity index is 2.87. The van der Waals surface area contributed by atoms with E-state index in [-0.39, 0.29) is 0 Å². The number of aliphatic imine (C=N–C) groups is 1. The quantitative estimate of drug-likeness (QED) is 0.634. The average molecular weight is 227 g/mol. The molecule has 0 aliphatic heterocycles. The standard InChI is InChI=1S/C14H17N3/c1-3-4-7-13(10-12(2)15)11-17-14-8-5-6-9-16-14/h3-11H,15H2,1-2H3/b4-3-,12-10+,13-7+,17-11+. The van der Waals surface area contributed by atoms with E-state index < -0.39 is 0 Å². The lowest BCUT2D eigenvalue weighted by molar-refractivity contribution is 1.28. The summed E-state index contributed by atoms with van der Waals surface area (Å²) in [7, 11) is 0. The molecule has 3 heteroatoms. The summed E-state index contributed by atoms with van der Waals surface area (Å²) in [5, 5.41) is 0. The average Bonchev–Trinajstić information content (AvgIpc) is 2.33. The third-order valence-electron chi connectivity index (χ3n) is 1.87. The Morgan fingerprint density at radius 1 is 1.41 bits per heavy atom. The molecule has 0 bridgehead atoms. The monoisotopic (exact) mass is 227 g/mol. The fraction of sp³-hybridized carbons (Fsp3) is 0.143. The molecular weight excluding hydrogens is 210 g/mol. The molecular formula is C14H17N3. The highest BCUT2D eigenvalue weighted by molar-refractivity contribution is 5.84. The second-order valence-electron chi connectivity index (χ2n) is 3.53. The van der Waals surface area contributed by atoms with E-state index in [2.05, 4.69) is 9.98 Å². The first kappa shape index (κ1) is 12.9. The number of nitrogens with zero attached hydrogens (tertiary/aromatic N) is 2.